The number of rotatable bonds is 5. The summed E-state index contributed by atoms with van der Waals surface area (Å²) in [6.07, 6.45) is 1.15. The van der Waals surface area contributed by atoms with Crippen molar-refractivity contribution in [3.63, 3.8) is 0 Å². The molecule has 7 heteroatoms. The minimum Gasteiger partial charge on any atom is -0.341 e. The molecule has 2 aromatic rings. The van der Waals surface area contributed by atoms with Crippen LogP contribution in [0, 0.1) is 12.8 Å². The van der Waals surface area contributed by atoms with Gasteiger partial charge >= 0.3 is 0 Å². The monoisotopic (exact) mass is 446 g/mol. The van der Waals surface area contributed by atoms with E-state index in [1.165, 1.54) is 0 Å². The first-order chi connectivity index (χ1) is 14.3. The quantitative estimate of drug-likeness (QED) is 0.685. The Kier molecular flexibility index (Phi) is 7.16. The zero-order valence-electron chi connectivity index (χ0n) is 17.0. The fourth-order valence-corrected chi connectivity index (χ4v) is 3.95. The predicted molar refractivity (Wildman–Crippen MR) is 118 cm³/mol. The molecule has 0 radical (unpaired) electrons. The van der Waals surface area contributed by atoms with E-state index in [2.05, 4.69) is 5.32 Å². The number of amides is 2. The van der Waals surface area contributed by atoms with Crippen LogP contribution in [0.3, 0.4) is 0 Å². The molecule has 0 aliphatic carbocycles. The van der Waals surface area contributed by atoms with Crippen molar-refractivity contribution in [2.75, 3.05) is 13.1 Å². The molecule has 1 fully saturated rings. The van der Waals surface area contributed by atoms with Crippen LogP contribution >= 0.6 is 23.2 Å². The summed E-state index contributed by atoms with van der Waals surface area (Å²) in [5, 5.41) is 3.53. The predicted octanol–water partition coefficient (Wildman–Crippen LogP) is 4.54. The van der Waals surface area contributed by atoms with E-state index in [1.54, 1.807) is 42.2 Å². The topological polar surface area (TPSA) is 66.5 Å². The van der Waals surface area contributed by atoms with E-state index in [0.29, 0.717) is 47.1 Å². The second-order valence-corrected chi connectivity index (χ2v) is 8.47. The van der Waals surface area contributed by atoms with Gasteiger partial charge in [0.05, 0.1) is 10.0 Å². The minimum atomic E-state index is -0.639. The van der Waals surface area contributed by atoms with Gasteiger partial charge in [0.1, 0.15) is 6.04 Å². The van der Waals surface area contributed by atoms with E-state index >= 15 is 0 Å². The zero-order chi connectivity index (χ0) is 21.8. The fraction of sp³-hybridized carbons (Fsp3) is 0.348. The summed E-state index contributed by atoms with van der Waals surface area (Å²) in [4.78, 5) is 39.6. The number of hydrogen-bond acceptors (Lipinski definition) is 3. The highest BCUT2D eigenvalue weighted by Crippen LogP contribution is 2.27. The van der Waals surface area contributed by atoms with Crippen LogP contribution in [0.4, 0.5) is 0 Å². The molecule has 1 heterocycles. The highest BCUT2D eigenvalue weighted by atomic mass is 35.5. The van der Waals surface area contributed by atoms with E-state index < -0.39 is 6.04 Å². The van der Waals surface area contributed by atoms with Crippen LogP contribution in [0.15, 0.2) is 42.5 Å². The average molecular weight is 447 g/mol. The largest absolute Gasteiger partial charge is 0.341 e. The smallest absolute Gasteiger partial charge is 0.251 e. The lowest BCUT2D eigenvalue weighted by Gasteiger charge is -2.33. The van der Waals surface area contributed by atoms with Crippen molar-refractivity contribution >= 4 is 40.8 Å². The van der Waals surface area contributed by atoms with Gasteiger partial charge in [-0.3, -0.25) is 14.4 Å². The van der Waals surface area contributed by atoms with Crippen LogP contribution in [0.2, 0.25) is 10.0 Å². The molecule has 1 atom stereocenters. The van der Waals surface area contributed by atoms with E-state index in [9.17, 15) is 14.4 Å². The minimum absolute atomic E-state index is 0.0152. The number of likely N-dealkylation sites (tertiary alicyclic amines) is 1. The van der Waals surface area contributed by atoms with Gasteiger partial charge in [-0.05, 0) is 57.0 Å². The number of carbonyl (C=O) groups is 3. The van der Waals surface area contributed by atoms with Crippen molar-refractivity contribution in [2.45, 2.75) is 32.7 Å². The first-order valence-electron chi connectivity index (χ1n) is 9.92. The van der Waals surface area contributed by atoms with Crippen molar-refractivity contribution in [2.24, 2.45) is 5.92 Å². The van der Waals surface area contributed by atoms with Crippen LogP contribution in [0.1, 0.15) is 46.0 Å². The number of halogens is 2. The molecule has 158 valence electrons. The number of piperidine rings is 1. The maximum atomic E-state index is 12.8. The van der Waals surface area contributed by atoms with Crippen LogP contribution in [-0.2, 0) is 4.79 Å². The summed E-state index contributed by atoms with van der Waals surface area (Å²) in [5.74, 6) is -0.564. The second-order valence-electron chi connectivity index (χ2n) is 7.66. The Labute approximate surface area is 186 Å². The zero-order valence-corrected chi connectivity index (χ0v) is 18.5. The van der Waals surface area contributed by atoms with E-state index in [4.69, 9.17) is 23.2 Å². The highest BCUT2D eigenvalue weighted by molar-refractivity contribution is 6.42. The van der Waals surface area contributed by atoms with Gasteiger partial charge in [0.2, 0.25) is 5.91 Å². The summed E-state index contributed by atoms with van der Waals surface area (Å²) >= 11 is 11.9. The lowest BCUT2D eigenvalue weighted by molar-refractivity contribution is -0.134. The number of carbonyl (C=O) groups excluding carboxylic acids is 3. The standard InChI is InChI=1S/C23H24Cl2N2O3/c1-14-4-3-5-18(12-14)22(29)26-15(2)23(30)27-10-8-16(9-11-27)21(28)17-6-7-19(24)20(25)13-17/h3-7,12-13,15-16H,8-11H2,1-2H3,(H,26,29). The molecular weight excluding hydrogens is 423 g/mol. The maximum absolute atomic E-state index is 12.8. The highest BCUT2D eigenvalue weighted by Gasteiger charge is 2.30. The molecule has 5 nitrogen and oxygen atoms in total. The van der Waals surface area contributed by atoms with E-state index in [0.717, 1.165) is 5.56 Å². The first-order valence-corrected chi connectivity index (χ1v) is 10.7. The summed E-state index contributed by atoms with van der Waals surface area (Å²) in [7, 11) is 0. The Hall–Kier alpha value is -2.37. The normalized spacial score (nSPS) is 15.5. The summed E-state index contributed by atoms with van der Waals surface area (Å²) in [6, 6.07) is 11.5. The van der Waals surface area contributed by atoms with Gasteiger partial charge in [0.25, 0.3) is 5.91 Å². The number of benzene rings is 2. The molecular formula is C23H24Cl2N2O3. The van der Waals surface area contributed by atoms with Gasteiger partial charge < -0.3 is 10.2 Å². The second kappa shape index (κ2) is 9.63. The third kappa shape index (κ3) is 5.21. The van der Waals surface area contributed by atoms with Gasteiger partial charge in [-0.1, -0.05) is 40.9 Å². The maximum Gasteiger partial charge on any atom is 0.251 e. The third-order valence-electron chi connectivity index (χ3n) is 5.38. The number of hydrogen-bond donors (Lipinski definition) is 1. The molecule has 2 aromatic carbocycles. The first kappa shape index (κ1) is 22.3. The molecule has 1 unspecified atom stereocenters. The van der Waals surface area contributed by atoms with E-state index in [1.807, 2.05) is 19.1 Å². The molecule has 0 aromatic heterocycles. The van der Waals surface area contributed by atoms with Crippen molar-refractivity contribution in [1.29, 1.82) is 0 Å². The van der Waals surface area contributed by atoms with E-state index in [-0.39, 0.29) is 23.5 Å². The summed E-state index contributed by atoms with van der Waals surface area (Å²) in [5.41, 5.74) is 2.05. The lowest BCUT2D eigenvalue weighted by atomic mass is 9.88. The lowest BCUT2D eigenvalue weighted by Crippen LogP contribution is -2.49. The molecule has 1 aliphatic heterocycles. The Morgan fingerprint density at radius 3 is 2.33 bits per heavy atom. The molecule has 2 amide bonds. The van der Waals surface area contributed by atoms with Crippen LogP contribution in [-0.4, -0.2) is 41.6 Å². The van der Waals surface area contributed by atoms with Crippen molar-refractivity contribution in [3.8, 4) is 0 Å². The van der Waals surface area contributed by atoms with Gasteiger partial charge in [-0.15, -0.1) is 0 Å². The van der Waals surface area contributed by atoms with Gasteiger partial charge in [-0.2, -0.15) is 0 Å². The number of aryl methyl sites for hydroxylation is 1. The number of ketones is 1. The Morgan fingerprint density at radius 2 is 1.70 bits per heavy atom. The van der Waals surface area contributed by atoms with Gasteiger partial charge in [0.15, 0.2) is 5.78 Å². The average Bonchev–Trinajstić information content (AvgIpc) is 2.74. The molecule has 0 spiro atoms. The Morgan fingerprint density at radius 1 is 1.00 bits per heavy atom. The molecule has 30 heavy (non-hydrogen) atoms. The van der Waals surface area contributed by atoms with Crippen molar-refractivity contribution in [1.82, 2.24) is 10.2 Å². The van der Waals surface area contributed by atoms with Crippen molar-refractivity contribution in [3.05, 3.63) is 69.2 Å². The number of nitrogens with one attached hydrogen (secondary N) is 1. The molecule has 0 saturated carbocycles. The Balaban J connectivity index is 1.54. The number of Topliss-reactive ketones (excluding diaryl/α,β-unsaturated/α-hetero) is 1. The van der Waals surface area contributed by atoms with Crippen molar-refractivity contribution < 1.29 is 14.4 Å². The van der Waals surface area contributed by atoms with Crippen LogP contribution < -0.4 is 5.32 Å². The van der Waals surface area contributed by atoms with Crippen LogP contribution in [0.25, 0.3) is 0 Å². The fourth-order valence-electron chi connectivity index (χ4n) is 3.65. The third-order valence-corrected chi connectivity index (χ3v) is 6.12. The summed E-state index contributed by atoms with van der Waals surface area (Å²) in [6.45, 7) is 4.54. The van der Waals surface area contributed by atoms with Gasteiger partial charge in [-0.25, -0.2) is 0 Å². The molecule has 1 aliphatic rings. The Bertz CT molecular complexity index is 969. The molecule has 3 rings (SSSR count). The molecule has 0 bridgehead atoms. The molecule has 1 saturated heterocycles. The summed E-state index contributed by atoms with van der Waals surface area (Å²) < 4.78 is 0. The number of nitrogens with zero attached hydrogens (tertiary/aromatic N) is 1. The van der Waals surface area contributed by atoms with Crippen LogP contribution in [0.5, 0.6) is 0 Å². The SMILES string of the molecule is Cc1cccc(C(=O)NC(C)C(=O)N2CCC(C(=O)c3ccc(Cl)c(Cl)c3)CC2)c1. The molecule has 1 N–H and O–H groups in total. The van der Waals surface area contributed by atoms with Gasteiger partial charge in [0, 0.05) is 30.1 Å².